The monoisotopic (exact) mass is 520 g/mol. The predicted molar refractivity (Wildman–Crippen MR) is 119 cm³/mol. The van der Waals surface area contributed by atoms with Crippen molar-refractivity contribution in [3.8, 4) is 18.1 Å². The van der Waals surface area contributed by atoms with Crippen LogP contribution in [-0.2, 0) is 9.59 Å². The Morgan fingerprint density at radius 1 is 1.24 bits per heavy atom. The van der Waals surface area contributed by atoms with Crippen LogP contribution in [0.2, 0.25) is 5.02 Å². The fraction of sp³-hybridized carbons (Fsp3) is 0.0952. The van der Waals surface area contributed by atoms with E-state index in [0.29, 0.717) is 16.3 Å². The minimum Gasteiger partial charge on any atom is -0.480 e. The van der Waals surface area contributed by atoms with E-state index in [1.807, 2.05) is 0 Å². The number of carbonyl (C=O) groups is 3. The van der Waals surface area contributed by atoms with Gasteiger partial charge < -0.3 is 4.74 Å². The van der Waals surface area contributed by atoms with Crippen LogP contribution in [0.25, 0.3) is 6.08 Å². The van der Waals surface area contributed by atoms with Crippen LogP contribution in [0.1, 0.15) is 11.1 Å². The number of amides is 4. The van der Waals surface area contributed by atoms with Crippen molar-refractivity contribution in [2.75, 3.05) is 11.5 Å². The first-order valence-electron chi connectivity index (χ1n) is 8.35. The van der Waals surface area contributed by atoms with E-state index < -0.39 is 17.8 Å². The quantitative estimate of drug-likeness (QED) is 0.287. The van der Waals surface area contributed by atoms with E-state index in [1.165, 1.54) is 12.1 Å². The Balaban J connectivity index is 1.96. The number of hydrogen-bond acceptors (Lipinski definition) is 4. The number of nitrogens with zero attached hydrogens (tertiary/aromatic N) is 1. The molecule has 0 unspecified atom stereocenters. The number of benzene rings is 2. The Labute approximate surface area is 186 Å². The van der Waals surface area contributed by atoms with Crippen LogP contribution in [0, 0.1) is 22.8 Å². The lowest BCUT2D eigenvalue weighted by Crippen LogP contribution is -2.54. The lowest BCUT2D eigenvalue weighted by Gasteiger charge is -2.26. The Morgan fingerprint density at radius 3 is 2.66 bits per heavy atom. The summed E-state index contributed by atoms with van der Waals surface area (Å²) in [6.45, 7) is 1.94. The van der Waals surface area contributed by atoms with Crippen LogP contribution >= 0.6 is 34.2 Å². The maximum atomic E-state index is 12.9. The molecule has 146 valence electrons. The van der Waals surface area contributed by atoms with Crippen molar-refractivity contribution in [2.45, 2.75) is 6.92 Å². The molecule has 4 amide bonds. The molecule has 29 heavy (non-hydrogen) atoms. The summed E-state index contributed by atoms with van der Waals surface area (Å²) in [5.74, 6) is 1.48. The van der Waals surface area contributed by atoms with Crippen molar-refractivity contribution in [1.82, 2.24) is 5.32 Å². The number of anilines is 1. The third-order valence-electron chi connectivity index (χ3n) is 4.09. The summed E-state index contributed by atoms with van der Waals surface area (Å²) in [6.07, 6.45) is 6.61. The number of rotatable bonds is 4. The van der Waals surface area contributed by atoms with Crippen LogP contribution < -0.4 is 15.0 Å². The van der Waals surface area contributed by atoms with Gasteiger partial charge in [-0.3, -0.25) is 14.9 Å². The average Bonchev–Trinajstić information content (AvgIpc) is 2.67. The van der Waals surface area contributed by atoms with Gasteiger partial charge in [-0.05, 0) is 71.0 Å². The van der Waals surface area contributed by atoms with Crippen LogP contribution in [0.4, 0.5) is 10.5 Å². The molecule has 0 atom stereocenters. The minimum atomic E-state index is -0.829. The molecule has 3 rings (SSSR count). The molecule has 1 heterocycles. The number of ether oxygens (including phenoxy) is 1. The van der Waals surface area contributed by atoms with E-state index in [0.717, 1.165) is 14.0 Å². The Morgan fingerprint density at radius 2 is 2.00 bits per heavy atom. The number of aryl methyl sites for hydroxylation is 1. The van der Waals surface area contributed by atoms with Crippen LogP contribution in [0.15, 0.2) is 42.0 Å². The number of urea groups is 1. The molecule has 1 saturated heterocycles. The maximum Gasteiger partial charge on any atom is 0.335 e. The first-order chi connectivity index (χ1) is 13.8. The molecule has 6 nitrogen and oxygen atoms in total. The van der Waals surface area contributed by atoms with Gasteiger partial charge >= 0.3 is 6.03 Å². The highest BCUT2D eigenvalue weighted by Gasteiger charge is 2.37. The molecule has 1 N–H and O–H groups in total. The molecule has 0 aromatic heterocycles. The molecule has 0 saturated carbocycles. The lowest BCUT2D eigenvalue weighted by molar-refractivity contribution is -0.122. The second kappa shape index (κ2) is 8.68. The molecular formula is C21H14ClIN2O4. The summed E-state index contributed by atoms with van der Waals surface area (Å²) in [6, 6.07) is 9.07. The molecule has 8 heteroatoms. The van der Waals surface area contributed by atoms with Crippen molar-refractivity contribution < 1.29 is 19.1 Å². The van der Waals surface area contributed by atoms with Gasteiger partial charge in [0.15, 0.2) is 0 Å². The zero-order valence-electron chi connectivity index (χ0n) is 15.2. The van der Waals surface area contributed by atoms with Gasteiger partial charge in [-0.15, -0.1) is 6.42 Å². The Hall–Kier alpha value is -2.83. The van der Waals surface area contributed by atoms with Gasteiger partial charge in [-0.25, -0.2) is 9.69 Å². The van der Waals surface area contributed by atoms with Crippen molar-refractivity contribution in [1.29, 1.82) is 0 Å². The van der Waals surface area contributed by atoms with Gasteiger partial charge in [0.1, 0.15) is 17.9 Å². The molecule has 1 fully saturated rings. The fourth-order valence-corrected chi connectivity index (χ4v) is 3.49. The highest BCUT2D eigenvalue weighted by Crippen LogP contribution is 2.28. The van der Waals surface area contributed by atoms with Gasteiger partial charge in [0.2, 0.25) is 0 Å². The Bertz CT molecular complexity index is 1100. The van der Waals surface area contributed by atoms with Crippen LogP contribution in [0.5, 0.6) is 5.75 Å². The van der Waals surface area contributed by atoms with Gasteiger partial charge in [0, 0.05) is 5.02 Å². The third kappa shape index (κ3) is 4.44. The molecule has 0 radical (unpaired) electrons. The number of carbonyl (C=O) groups excluding carboxylic acids is 3. The van der Waals surface area contributed by atoms with Gasteiger partial charge in [-0.2, -0.15) is 0 Å². The molecule has 2 aromatic carbocycles. The topological polar surface area (TPSA) is 75.7 Å². The van der Waals surface area contributed by atoms with Gasteiger partial charge in [0.25, 0.3) is 11.8 Å². The minimum absolute atomic E-state index is 0.132. The van der Waals surface area contributed by atoms with E-state index in [4.69, 9.17) is 22.8 Å². The van der Waals surface area contributed by atoms with Crippen molar-refractivity contribution >= 4 is 63.8 Å². The predicted octanol–water partition coefficient (Wildman–Crippen LogP) is 3.93. The van der Waals surface area contributed by atoms with E-state index >= 15 is 0 Å². The molecule has 1 aliphatic heterocycles. The van der Waals surface area contributed by atoms with E-state index in [2.05, 4.69) is 33.8 Å². The van der Waals surface area contributed by atoms with Crippen molar-refractivity contribution in [3.63, 3.8) is 0 Å². The normalized spacial score (nSPS) is 15.3. The second-order valence-electron chi connectivity index (χ2n) is 6.07. The lowest BCUT2D eigenvalue weighted by atomic mass is 10.1. The summed E-state index contributed by atoms with van der Waals surface area (Å²) < 4.78 is 6.17. The second-order valence-corrected chi connectivity index (χ2v) is 7.64. The summed E-state index contributed by atoms with van der Waals surface area (Å²) in [5, 5.41) is 2.59. The van der Waals surface area contributed by atoms with E-state index in [1.54, 1.807) is 37.3 Å². The highest BCUT2D eigenvalue weighted by molar-refractivity contribution is 14.1. The van der Waals surface area contributed by atoms with Gasteiger partial charge in [-0.1, -0.05) is 29.7 Å². The summed E-state index contributed by atoms with van der Waals surface area (Å²) in [4.78, 5) is 38.4. The summed E-state index contributed by atoms with van der Waals surface area (Å²) >= 11 is 8.18. The largest absolute Gasteiger partial charge is 0.480 e. The third-order valence-corrected chi connectivity index (χ3v) is 5.34. The van der Waals surface area contributed by atoms with E-state index in [9.17, 15) is 14.4 Å². The highest BCUT2D eigenvalue weighted by atomic mass is 127. The number of hydrogen-bond donors (Lipinski definition) is 1. The van der Waals surface area contributed by atoms with Crippen molar-refractivity contribution in [2.24, 2.45) is 0 Å². The average molecular weight is 521 g/mol. The molecule has 1 aliphatic rings. The van der Waals surface area contributed by atoms with Crippen LogP contribution in [-0.4, -0.2) is 24.5 Å². The zero-order chi connectivity index (χ0) is 21.1. The standard InChI is InChI=1S/C21H14ClIN2O4/c1-3-8-29-18-7-5-13(10-17(18)23)9-15-19(26)24-21(28)25(20(15)27)14-6-4-12(2)16(22)11-14/h1,4-7,9-11H,8H2,2H3,(H,24,26,28)/b15-9-. The SMILES string of the molecule is C#CCOc1ccc(/C=C2/C(=O)NC(=O)N(c3ccc(C)c(Cl)c3)C2=O)cc1I. The first kappa shape index (κ1) is 20.9. The molecule has 0 bridgehead atoms. The Kier molecular flexibility index (Phi) is 6.25. The molecule has 0 spiro atoms. The number of barbiturate groups is 1. The first-order valence-corrected chi connectivity index (χ1v) is 9.81. The van der Waals surface area contributed by atoms with Crippen LogP contribution in [0.3, 0.4) is 0 Å². The van der Waals surface area contributed by atoms with Crippen molar-refractivity contribution in [3.05, 3.63) is 61.7 Å². The smallest absolute Gasteiger partial charge is 0.335 e. The fourth-order valence-electron chi connectivity index (χ4n) is 2.62. The molecule has 0 aliphatic carbocycles. The maximum absolute atomic E-state index is 12.9. The number of nitrogens with one attached hydrogen (secondary N) is 1. The van der Waals surface area contributed by atoms with E-state index in [-0.39, 0.29) is 17.9 Å². The summed E-state index contributed by atoms with van der Waals surface area (Å²) in [5.41, 5.74) is 1.49. The number of imide groups is 2. The summed E-state index contributed by atoms with van der Waals surface area (Å²) in [7, 11) is 0. The molecular weight excluding hydrogens is 507 g/mol. The number of terminal acetylenes is 1. The molecule has 2 aromatic rings. The van der Waals surface area contributed by atoms with Gasteiger partial charge in [0.05, 0.1) is 9.26 Å². The zero-order valence-corrected chi connectivity index (χ0v) is 18.1. The number of halogens is 2.